The van der Waals surface area contributed by atoms with Gasteiger partial charge in [0.05, 0.1) is 5.56 Å². The van der Waals surface area contributed by atoms with Crippen molar-refractivity contribution >= 4 is 5.69 Å². The molecule has 0 spiro atoms. The number of hydrogen-bond acceptors (Lipinski definition) is 3. The molecule has 90 valence electrons. The van der Waals surface area contributed by atoms with Gasteiger partial charge in [-0.1, -0.05) is 0 Å². The van der Waals surface area contributed by atoms with E-state index in [1.54, 1.807) is 24.3 Å². The van der Waals surface area contributed by atoms with Crippen LogP contribution >= 0.6 is 0 Å². The van der Waals surface area contributed by atoms with Crippen molar-refractivity contribution in [3.63, 3.8) is 0 Å². The number of hydrogen-bond donors (Lipinski definition) is 1. The van der Waals surface area contributed by atoms with Gasteiger partial charge in [0.25, 0.3) is 0 Å². The molecule has 3 nitrogen and oxygen atoms in total. The number of anilines is 1. The van der Waals surface area contributed by atoms with Gasteiger partial charge in [-0.15, -0.1) is 0 Å². The Balaban J connectivity index is 2.29. The van der Waals surface area contributed by atoms with E-state index in [4.69, 9.17) is 15.7 Å². The molecule has 0 unspecified atom stereocenters. The summed E-state index contributed by atoms with van der Waals surface area (Å²) in [5, 5.41) is 8.62. The first-order valence-corrected chi connectivity index (χ1v) is 5.33. The summed E-state index contributed by atoms with van der Waals surface area (Å²) in [5.41, 5.74) is 7.22. The van der Waals surface area contributed by atoms with Crippen molar-refractivity contribution in [3.8, 4) is 17.6 Å². The number of nitriles is 1. The number of benzene rings is 2. The van der Waals surface area contributed by atoms with E-state index in [1.807, 2.05) is 13.0 Å². The lowest BCUT2D eigenvalue weighted by atomic mass is 10.2. The number of nitrogen functional groups attached to an aromatic ring is 1. The van der Waals surface area contributed by atoms with Gasteiger partial charge in [0.1, 0.15) is 23.4 Å². The highest BCUT2D eigenvalue weighted by atomic mass is 19.1. The Morgan fingerprint density at radius 2 is 1.94 bits per heavy atom. The average molecular weight is 242 g/mol. The fourth-order valence-electron chi connectivity index (χ4n) is 1.62. The van der Waals surface area contributed by atoms with Crippen LogP contribution in [-0.2, 0) is 0 Å². The zero-order valence-corrected chi connectivity index (χ0v) is 9.77. The SMILES string of the molecule is Cc1cc(N)cc(Oc2ccc(C#N)c(F)c2)c1. The molecule has 0 atom stereocenters. The zero-order chi connectivity index (χ0) is 13.1. The quantitative estimate of drug-likeness (QED) is 0.821. The van der Waals surface area contributed by atoms with Crippen LogP contribution in [0.3, 0.4) is 0 Å². The van der Waals surface area contributed by atoms with Crippen molar-refractivity contribution < 1.29 is 9.13 Å². The number of halogens is 1. The van der Waals surface area contributed by atoms with Crippen molar-refractivity contribution in [2.75, 3.05) is 5.73 Å². The first-order chi connectivity index (χ1) is 8.58. The summed E-state index contributed by atoms with van der Waals surface area (Å²) in [5.74, 6) is 0.267. The van der Waals surface area contributed by atoms with Gasteiger partial charge in [0.2, 0.25) is 0 Å². The van der Waals surface area contributed by atoms with E-state index in [1.165, 1.54) is 12.1 Å². The van der Waals surface area contributed by atoms with Gasteiger partial charge >= 0.3 is 0 Å². The Morgan fingerprint density at radius 3 is 2.56 bits per heavy atom. The number of nitrogens with zero attached hydrogens (tertiary/aromatic N) is 1. The number of nitrogens with two attached hydrogens (primary N) is 1. The van der Waals surface area contributed by atoms with Crippen LogP contribution in [0.25, 0.3) is 0 Å². The van der Waals surface area contributed by atoms with Crippen LogP contribution in [0.5, 0.6) is 11.5 Å². The standard InChI is InChI=1S/C14H11FN2O/c1-9-4-11(17)6-13(5-9)18-12-3-2-10(8-16)14(15)7-12/h2-7H,17H2,1H3. The van der Waals surface area contributed by atoms with Crippen LogP contribution in [0, 0.1) is 24.1 Å². The van der Waals surface area contributed by atoms with Crippen LogP contribution in [0.4, 0.5) is 10.1 Å². The molecule has 0 bridgehead atoms. The number of aryl methyl sites for hydroxylation is 1. The second-order valence-corrected chi connectivity index (χ2v) is 3.93. The molecule has 0 aliphatic carbocycles. The minimum Gasteiger partial charge on any atom is -0.457 e. The molecule has 0 saturated carbocycles. The lowest BCUT2D eigenvalue weighted by Crippen LogP contribution is -1.91. The third kappa shape index (κ3) is 2.58. The van der Waals surface area contributed by atoms with Crippen molar-refractivity contribution in [2.24, 2.45) is 0 Å². The van der Waals surface area contributed by atoms with Crippen molar-refractivity contribution in [1.29, 1.82) is 5.26 Å². The molecular formula is C14H11FN2O. The maximum Gasteiger partial charge on any atom is 0.144 e. The van der Waals surface area contributed by atoms with Crippen molar-refractivity contribution in [1.82, 2.24) is 0 Å². The van der Waals surface area contributed by atoms with E-state index in [2.05, 4.69) is 0 Å². The minimum atomic E-state index is -0.601. The molecule has 0 radical (unpaired) electrons. The van der Waals surface area contributed by atoms with Gasteiger partial charge in [-0.2, -0.15) is 5.26 Å². The summed E-state index contributed by atoms with van der Waals surface area (Å²) in [6, 6.07) is 11.1. The second kappa shape index (κ2) is 4.76. The summed E-state index contributed by atoms with van der Waals surface area (Å²) in [6.07, 6.45) is 0. The molecule has 0 aliphatic rings. The van der Waals surface area contributed by atoms with Gasteiger partial charge in [-0.3, -0.25) is 0 Å². The summed E-state index contributed by atoms with van der Waals surface area (Å²) < 4.78 is 18.9. The Hall–Kier alpha value is -2.54. The third-order valence-electron chi connectivity index (χ3n) is 2.37. The predicted octanol–water partition coefficient (Wildman–Crippen LogP) is 3.38. The fourth-order valence-corrected chi connectivity index (χ4v) is 1.62. The van der Waals surface area contributed by atoms with Crippen molar-refractivity contribution in [3.05, 3.63) is 53.3 Å². The molecule has 0 aromatic heterocycles. The van der Waals surface area contributed by atoms with E-state index in [0.717, 1.165) is 5.56 Å². The van der Waals surface area contributed by atoms with E-state index in [0.29, 0.717) is 17.2 Å². The predicted molar refractivity (Wildman–Crippen MR) is 66.8 cm³/mol. The summed E-state index contributed by atoms with van der Waals surface area (Å²) in [6.45, 7) is 1.89. The van der Waals surface area contributed by atoms with Crippen LogP contribution < -0.4 is 10.5 Å². The first-order valence-electron chi connectivity index (χ1n) is 5.33. The highest BCUT2D eigenvalue weighted by molar-refractivity contribution is 5.48. The molecule has 2 rings (SSSR count). The molecule has 2 aromatic carbocycles. The summed E-state index contributed by atoms with van der Waals surface area (Å²) in [4.78, 5) is 0. The van der Waals surface area contributed by atoms with Crippen LogP contribution in [0.1, 0.15) is 11.1 Å². The molecule has 2 aromatic rings. The molecule has 18 heavy (non-hydrogen) atoms. The highest BCUT2D eigenvalue weighted by Crippen LogP contribution is 2.26. The normalized spacial score (nSPS) is 9.83. The molecular weight excluding hydrogens is 231 g/mol. The summed E-state index contributed by atoms with van der Waals surface area (Å²) in [7, 11) is 0. The maximum atomic E-state index is 13.4. The lowest BCUT2D eigenvalue weighted by molar-refractivity contribution is 0.476. The van der Waals surface area contributed by atoms with E-state index in [9.17, 15) is 4.39 Å². The molecule has 2 N–H and O–H groups in total. The molecule has 0 amide bonds. The third-order valence-corrected chi connectivity index (χ3v) is 2.37. The first kappa shape index (κ1) is 11.9. The Bertz CT molecular complexity index is 612. The molecule has 0 saturated heterocycles. The largest absolute Gasteiger partial charge is 0.457 e. The Morgan fingerprint density at radius 1 is 1.17 bits per heavy atom. The summed E-state index contributed by atoms with van der Waals surface area (Å²) >= 11 is 0. The van der Waals surface area contributed by atoms with E-state index < -0.39 is 5.82 Å². The molecule has 0 heterocycles. The zero-order valence-electron chi connectivity index (χ0n) is 9.77. The monoisotopic (exact) mass is 242 g/mol. The maximum absolute atomic E-state index is 13.4. The molecule has 4 heteroatoms. The van der Waals surface area contributed by atoms with Gasteiger partial charge < -0.3 is 10.5 Å². The van der Waals surface area contributed by atoms with Gasteiger partial charge in [-0.05, 0) is 36.8 Å². The minimum absolute atomic E-state index is 0.00824. The van der Waals surface area contributed by atoms with Gasteiger partial charge in [0, 0.05) is 17.8 Å². The smallest absolute Gasteiger partial charge is 0.144 e. The Kier molecular flexibility index (Phi) is 3.16. The van der Waals surface area contributed by atoms with E-state index in [-0.39, 0.29) is 5.56 Å². The number of rotatable bonds is 2. The topological polar surface area (TPSA) is 59.0 Å². The van der Waals surface area contributed by atoms with E-state index >= 15 is 0 Å². The second-order valence-electron chi connectivity index (χ2n) is 3.93. The number of ether oxygens (including phenoxy) is 1. The fraction of sp³-hybridized carbons (Fsp3) is 0.0714. The van der Waals surface area contributed by atoms with Gasteiger partial charge in [-0.25, -0.2) is 4.39 Å². The molecule has 0 aliphatic heterocycles. The lowest BCUT2D eigenvalue weighted by Gasteiger charge is -2.08. The van der Waals surface area contributed by atoms with Crippen molar-refractivity contribution in [2.45, 2.75) is 6.92 Å². The molecule has 0 fully saturated rings. The Labute approximate surface area is 104 Å². The average Bonchev–Trinajstić information content (AvgIpc) is 2.27. The van der Waals surface area contributed by atoms with Crippen LogP contribution in [-0.4, -0.2) is 0 Å². The highest BCUT2D eigenvalue weighted by Gasteiger charge is 2.05. The van der Waals surface area contributed by atoms with Crippen LogP contribution in [0.2, 0.25) is 0 Å². The van der Waals surface area contributed by atoms with Crippen LogP contribution in [0.15, 0.2) is 36.4 Å². The van der Waals surface area contributed by atoms with Gasteiger partial charge in [0.15, 0.2) is 0 Å².